The van der Waals surface area contributed by atoms with Gasteiger partial charge in [-0.2, -0.15) is 0 Å². The van der Waals surface area contributed by atoms with Crippen LogP contribution in [0.4, 0.5) is 0 Å². The molecule has 1 saturated carbocycles. The van der Waals surface area contributed by atoms with Crippen LogP contribution in [-0.2, 0) is 14.3 Å². The molecule has 0 aromatic heterocycles. The summed E-state index contributed by atoms with van der Waals surface area (Å²) in [7, 11) is 1.42. The summed E-state index contributed by atoms with van der Waals surface area (Å²) >= 11 is 0. The third kappa shape index (κ3) is 4.47. The molecule has 2 rings (SSSR count). The largest absolute Gasteiger partial charge is 0.469 e. The van der Waals surface area contributed by atoms with Crippen molar-refractivity contribution in [3.63, 3.8) is 0 Å². The third-order valence-corrected chi connectivity index (χ3v) is 4.45. The molecule has 1 atom stereocenters. The van der Waals surface area contributed by atoms with E-state index in [1.165, 1.54) is 20.0 Å². The number of carbonyl (C=O) groups is 2. The molecule has 1 aliphatic carbocycles. The summed E-state index contributed by atoms with van der Waals surface area (Å²) in [5, 5.41) is 3.12. The Bertz CT molecular complexity index is 340. The first-order valence-corrected chi connectivity index (χ1v) is 7.79. The van der Waals surface area contributed by atoms with Crippen LogP contribution in [0.5, 0.6) is 0 Å². The number of rotatable bonds is 5. The second kappa shape index (κ2) is 7.62. The van der Waals surface area contributed by atoms with Crippen molar-refractivity contribution >= 4 is 11.9 Å². The number of nitrogens with one attached hydrogen (secondary N) is 1. The molecule has 114 valence electrons. The lowest BCUT2D eigenvalue weighted by Crippen LogP contribution is -2.47. The van der Waals surface area contributed by atoms with Crippen LogP contribution < -0.4 is 5.32 Å². The highest BCUT2D eigenvalue weighted by Crippen LogP contribution is 2.20. The van der Waals surface area contributed by atoms with Crippen molar-refractivity contribution in [1.29, 1.82) is 0 Å². The number of hydrogen-bond acceptors (Lipinski definition) is 4. The summed E-state index contributed by atoms with van der Waals surface area (Å²) in [5.41, 5.74) is 0. The monoisotopic (exact) mass is 282 g/mol. The topological polar surface area (TPSA) is 58.6 Å². The predicted octanol–water partition coefficient (Wildman–Crippen LogP) is 1.46. The Hall–Kier alpha value is -1.10. The zero-order valence-corrected chi connectivity index (χ0v) is 12.4. The van der Waals surface area contributed by atoms with Gasteiger partial charge >= 0.3 is 5.97 Å². The van der Waals surface area contributed by atoms with Crippen molar-refractivity contribution in [2.45, 2.75) is 63.5 Å². The van der Waals surface area contributed by atoms with Gasteiger partial charge in [0.05, 0.1) is 20.1 Å². The van der Waals surface area contributed by atoms with E-state index in [4.69, 9.17) is 4.74 Å². The molecule has 0 aromatic carbocycles. The van der Waals surface area contributed by atoms with Crippen molar-refractivity contribution in [1.82, 2.24) is 10.2 Å². The molecule has 1 heterocycles. The summed E-state index contributed by atoms with van der Waals surface area (Å²) in [4.78, 5) is 25.7. The second-order valence-electron chi connectivity index (χ2n) is 5.95. The van der Waals surface area contributed by atoms with Crippen LogP contribution in [0.3, 0.4) is 0 Å². The molecule has 0 aromatic rings. The normalized spacial score (nSPS) is 24.6. The molecule has 0 bridgehead atoms. The van der Waals surface area contributed by atoms with Gasteiger partial charge in [-0.25, -0.2) is 0 Å². The van der Waals surface area contributed by atoms with Crippen molar-refractivity contribution in [2.75, 3.05) is 20.2 Å². The first-order chi connectivity index (χ1) is 9.69. The summed E-state index contributed by atoms with van der Waals surface area (Å²) in [6.07, 6.45) is 8.27. The Morgan fingerprint density at radius 3 is 2.55 bits per heavy atom. The summed E-state index contributed by atoms with van der Waals surface area (Å²) in [6.45, 7) is 1.32. The molecule has 2 fully saturated rings. The lowest BCUT2D eigenvalue weighted by atomic mass is 9.99. The van der Waals surface area contributed by atoms with Crippen molar-refractivity contribution in [3.05, 3.63) is 0 Å². The number of hydrogen-bond donors (Lipinski definition) is 1. The van der Waals surface area contributed by atoms with Gasteiger partial charge in [0.15, 0.2) is 0 Å². The smallest absolute Gasteiger partial charge is 0.307 e. The molecule has 0 radical (unpaired) electrons. The number of likely N-dealkylation sites (tertiary alicyclic amines) is 1. The maximum absolute atomic E-state index is 12.1. The Morgan fingerprint density at radius 1 is 1.15 bits per heavy atom. The average molecular weight is 282 g/mol. The summed E-state index contributed by atoms with van der Waals surface area (Å²) in [5.74, 6) is -0.0771. The van der Waals surface area contributed by atoms with E-state index < -0.39 is 0 Å². The molecule has 2 aliphatic rings. The van der Waals surface area contributed by atoms with E-state index in [1.807, 2.05) is 0 Å². The van der Waals surface area contributed by atoms with Crippen LogP contribution in [0.1, 0.15) is 51.4 Å². The van der Waals surface area contributed by atoms with Crippen molar-refractivity contribution < 1.29 is 14.3 Å². The molecule has 5 nitrogen and oxygen atoms in total. The fraction of sp³-hybridized carbons (Fsp3) is 0.867. The maximum atomic E-state index is 12.1. The number of piperidine rings is 1. The van der Waals surface area contributed by atoms with Crippen LogP contribution >= 0.6 is 0 Å². The Kier molecular flexibility index (Phi) is 5.83. The van der Waals surface area contributed by atoms with Gasteiger partial charge in [0.1, 0.15) is 0 Å². The summed E-state index contributed by atoms with van der Waals surface area (Å²) < 4.78 is 4.75. The molecular formula is C15H26N2O3. The van der Waals surface area contributed by atoms with Gasteiger partial charge in [-0.1, -0.05) is 19.3 Å². The minimum Gasteiger partial charge on any atom is -0.469 e. The van der Waals surface area contributed by atoms with Crippen LogP contribution in [0.2, 0.25) is 0 Å². The molecule has 1 amide bonds. The van der Waals surface area contributed by atoms with Crippen LogP contribution in [-0.4, -0.2) is 49.1 Å². The van der Waals surface area contributed by atoms with Crippen LogP contribution in [0, 0.1) is 0 Å². The number of carbonyl (C=O) groups excluding carboxylic acids is 2. The van der Waals surface area contributed by atoms with Crippen molar-refractivity contribution in [3.8, 4) is 0 Å². The van der Waals surface area contributed by atoms with E-state index in [2.05, 4.69) is 10.2 Å². The highest BCUT2D eigenvalue weighted by molar-refractivity contribution is 5.78. The molecule has 1 aliphatic heterocycles. The van der Waals surface area contributed by atoms with Gasteiger partial charge in [0.25, 0.3) is 0 Å². The lowest BCUT2D eigenvalue weighted by Gasteiger charge is -2.34. The lowest BCUT2D eigenvalue weighted by molar-refractivity contribution is -0.143. The highest BCUT2D eigenvalue weighted by Gasteiger charge is 2.27. The number of esters is 1. The summed E-state index contributed by atoms with van der Waals surface area (Å²) in [6, 6.07) is 0.525. The minimum absolute atomic E-state index is 0.105. The van der Waals surface area contributed by atoms with Gasteiger partial charge in [-0.05, 0) is 32.2 Å². The Morgan fingerprint density at radius 2 is 1.85 bits per heavy atom. The van der Waals surface area contributed by atoms with E-state index in [0.29, 0.717) is 19.0 Å². The predicted molar refractivity (Wildman–Crippen MR) is 76.2 cm³/mol. The fourth-order valence-electron chi connectivity index (χ4n) is 3.30. The van der Waals surface area contributed by atoms with Gasteiger partial charge in [-0.15, -0.1) is 0 Å². The second-order valence-corrected chi connectivity index (χ2v) is 5.95. The fourth-order valence-corrected chi connectivity index (χ4v) is 3.30. The zero-order valence-electron chi connectivity index (χ0n) is 12.4. The SMILES string of the molecule is COC(=O)CC1CCCCN1CC(=O)NC1CCCC1. The van der Waals surface area contributed by atoms with Gasteiger partial charge in [-0.3, -0.25) is 14.5 Å². The highest BCUT2D eigenvalue weighted by atomic mass is 16.5. The number of amides is 1. The van der Waals surface area contributed by atoms with Gasteiger partial charge in [0, 0.05) is 12.1 Å². The van der Waals surface area contributed by atoms with E-state index in [-0.39, 0.29) is 17.9 Å². The first-order valence-electron chi connectivity index (χ1n) is 7.79. The minimum atomic E-state index is -0.182. The van der Waals surface area contributed by atoms with E-state index in [9.17, 15) is 9.59 Å². The molecule has 1 unspecified atom stereocenters. The number of nitrogens with zero attached hydrogens (tertiary/aromatic N) is 1. The standard InChI is InChI=1S/C15H26N2O3/c1-20-15(19)10-13-8-4-5-9-17(13)11-14(18)16-12-6-2-3-7-12/h12-13H,2-11H2,1H3,(H,16,18). The van der Waals surface area contributed by atoms with Crippen molar-refractivity contribution in [2.24, 2.45) is 0 Å². The molecular weight excluding hydrogens is 256 g/mol. The van der Waals surface area contributed by atoms with Crippen LogP contribution in [0.15, 0.2) is 0 Å². The quantitative estimate of drug-likeness (QED) is 0.776. The maximum Gasteiger partial charge on any atom is 0.307 e. The molecule has 5 heteroatoms. The average Bonchev–Trinajstić information content (AvgIpc) is 2.93. The molecule has 1 saturated heterocycles. The number of ether oxygens (including phenoxy) is 1. The Labute approximate surface area is 121 Å². The molecule has 20 heavy (non-hydrogen) atoms. The first kappa shape index (κ1) is 15.3. The molecule has 1 N–H and O–H groups in total. The molecule has 0 spiro atoms. The van der Waals surface area contributed by atoms with Crippen LogP contribution in [0.25, 0.3) is 0 Å². The third-order valence-electron chi connectivity index (χ3n) is 4.45. The zero-order chi connectivity index (χ0) is 14.4. The van der Waals surface area contributed by atoms with Gasteiger partial charge in [0.2, 0.25) is 5.91 Å². The van der Waals surface area contributed by atoms with Gasteiger partial charge < -0.3 is 10.1 Å². The van der Waals surface area contributed by atoms with E-state index in [1.54, 1.807) is 0 Å². The Balaban J connectivity index is 1.81. The number of methoxy groups -OCH3 is 1. The van der Waals surface area contributed by atoms with E-state index in [0.717, 1.165) is 38.6 Å². The van der Waals surface area contributed by atoms with E-state index >= 15 is 0 Å².